The Morgan fingerprint density at radius 2 is 1.89 bits per heavy atom. The predicted molar refractivity (Wildman–Crippen MR) is 102 cm³/mol. The van der Waals surface area contributed by atoms with E-state index in [0.29, 0.717) is 45.1 Å². The molecule has 138 valence electrons. The fourth-order valence-corrected chi connectivity index (χ4v) is 3.03. The number of aromatic nitrogens is 2. The van der Waals surface area contributed by atoms with Crippen LogP contribution in [0.1, 0.15) is 6.92 Å². The van der Waals surface area contributed by atoms with Gasteiger partial charge in [0.2, 0.25) is 0 Å². The molecule has 0 unspecified atom stereocenters. The molecule has 2 heterocycles. The molecule has 2 aromatic heterocycles. The second-order valence-corrected chi connectivity index (χ2v) is 6.11. The van der Waals surface area contributed by atoms with E-state index in [-0.39, 0.29) is 47.0 Å². The maximum atomic E-state index is 12.9. The summed E-state index contributed by atoms with van der Waals surface area (Å²) in [6.45, 7) is 2.12. The molecule has 0 fully saturated rings. The van der Waals surface area contributed by atoms with Crippen LogP contribution in [0.25, 0.3) is 21.9 Å². The number of fused-ring (bicyclic) bond motifs is 2. The van der Waals surface area contributed by atoms with Gasteiger partial charge in [0.15, 0.2) is 11.2 Å². The number of halogens is 1. The first-order valence-electron chi connectivity index (χ1n) is 7.80. The first kappa shape index (κ1) is 23.4. The van der Waals surface area contributed by atoms with Crippen LogP contribution in [0.15, 0.2) is 29.1 Å². The van der Waals surface area contributed by atoms with Gasteiger partial charge in [0.25, 0.3) is 0 Å². The molecule has 27 heavy (non-hydrogen) atoms. The van der Waals surface area contributed by atoms with E-state index in [2.05, 4.69) is 4.98 Å². The van der Waals surface area contributed by atoms with Crippen molar-refractivity contribution in [3.05, 3.63) is 39.5 Å². The first-order chi connectivity index (χ1) is 12.0. The summed E-state index contributed by atoms with van der Waals surface area (Å²) in [6, 6.07) is 6.75. The standard InChI is InChI=1S/C18H17ClN3O3.Na.H2O/c1-4-25-17-13(19)7-5-11-15(17)22(9-10-23)18-12(16(11)24)6-8-14(20-18)21(2)3;;/h5-8H,4,9H2,1-3H3;;1H2/q-1;+1;/p-1. The van der Waals surface area contributed by atoms with Crippen molar-refractivity contribution in [1.29, 1.82) is 0 Å². The van der Waals surface area contributed by atoms with Crippen molar-refractivity contribution in [2.24, 2.45) is 0 Å². The van der Waals surface area contributed by atoms with Gasteiger partial charge in [-0.15, -0.1) is 0 Å². The predicted octanol–water partition coefficient (Wildman–Crippen LogP) is -0.395. The number of hydrogen-bond acceptors (Lipinski definition) is 6. The molecule has 3 aromatic rings. The van der Waals surface area contributed by atoms with E-state index >= 15 is 0 Å². The Morgan fingerprint density at radius 1 is 1.22 bits per heavy atom. The Morgan fingerprint density at radius 3 is 2.48 bits per heavy atom. The van der Waals surface area contributed by atoms with E-state index in [1.165, 1.54) is 0 Å². The van der Waals surface area contributed by atoms with Crippen molar-refractivity contribution in [1.82, 2.24) is 9.55 Å². The van der Waals surface area contributed by atoms with Crippen LogP contribution in [0.3, 0.4) is 0 Å². The van der Waals surface area contributed by atoms with Gasteiger partial charge in [0.1, 0.15) is 11.5 Å². The van der Waals surface area contributed by atoms with Crippen LogP contribution >= 0.6 is 11.6 Å². The van der Waals surface area contributed by atoms with Crippen molar-refractivity contribution < 1.29 is 44.6 Å². The molecule has 0 saturated carbocycles. The Kier molecular flexibility index (Phi) is 8.25. The number of ether oxygens (including phenoxy) is 1. The fourth-order valence-electron chi connectivity index (χ4n) is 2.82. The van der Waals surface area contributed by atoms with E-state index in [9.17, 15) is 9.59 Å². The maximum Gasteiger partial charge on any atom is 1.00 e. The first-order valence-corrected chi connectivity index (χ1v) is 8.18. The van der Waals surface area contributed by atoms with E-state index in [4.69, 9.17) is 16.3 Å². The van der Waals surface area contributed by atoms with Crippen molar-refractivity contribution in [3.63, 3.8) is 0 Å². The Bertz CT molecular complexity index is 1040. The number of rotatable bonds is 5. The molecule has 0 aliphatic carbocycles. The second kappa shape index (κ2) is 9.52. The Hall–Kier alpha value is -1.64. The van der Waals surface area contributed by atoms with E-state index < -0.39 is 0 Å². The number of nitrogens with zero attached hydrogens (tertiary/aromatic N) is 3. The fraction of sp³-hybridized carbons (Fsp3) is 0.278. The molecule has 0 saturated heterocycles. The number of hydrogen-bond donors (Lipinski definition) is 0. The molecule has 0 bridgehead atoms. The van der Waals surface area contributed by atoms with Gasteiger partial charge in [0.05, 0.1) is 27.9 Å². The molecule has 9 heteroatoms. The zero-order chi connectivity index (χ0) is 18.1. The number of anilines is 1. The van der Waals surface area contributed by atoms with Crippen molar-refractivity contribution in [2.75, 3.05) is 25.6 Å². The second-order valence-electron chi connectivity index (χ2n) is 5.70. The molecule has 1 N–H and O–H groups in total. The van der Waals surface area contributed by atoms with Gasteiger partial charge >= 0.3 is 29.6 Å². The number of carbonyl (C=O) groups excluding carboxylic acids is 1. The molecular formula is C18H18ClN3NaO4-. The zero-order valence-electron chi connectivity index (χ0n) is 15.6. The minimum Gasteiger partial charge on any atom is -0.870 e. The molecule has 0 aliphatic heterocycles. The van der Waals surface area contributed by atoms with Gasteiger partial charge in [-0.05, 0) is 31.2 Å². The topological polar surface area (TPSA) is 94.4 Å². The molecule has 0 radical (unpaired) electrons. The van der Waals surface area contributed by atoms with E-state index in [1.54, 1.807) is 28.8 Å². The number of pyridine rings is 2. The summed E-state index contributed by atoms with van der Waals surface area (Å²) in [5, 5.41) is 1.23. The molecular weight excluding hydrogens is 381 g/mol. The molecule has 0 spiro atoms. The molecule has 1 aromatic carbocycles. The third kappa shape index (κ3) is 4.12. The Labute approximate surface area is 183 Å². The summed E-state index contributed by atoms with van der Waals surface area (Å²) >= 11 is 6.27. The van der Waals surface area contributed by atoms with Crippen LogP contribution in [0.5, 0.6) is 5.75 Å². The van der Waals surface area contributed by atoms with Gasteiger partial charge in [0, 0.05) is 14.1 Å². The molecule has 0 amide bonds. The summed E-state index contributed by atoms with van der Waals surface area (Å²) in [4.78, 5) is 30.5. The Balaban J connectivity index is 0.00000182. The smallest absolute Gasteiger partial charge is 0.870 e. The largest absolute Gasteiger partial charge is 1.00 e. The third-order valence-corrected chi connectivity index (χ3v) is 4.23. The van der Waals surface area contributed by atoms with Crippen LogP contribution in [0, 0.1) is 0 Å². The van der Waals surface area contributed by atoms with Gasteiger partial charge in [-0.2, -0.15) is 0 Å². The normalized spacial score (nSPS) is 10.2. The van der Waals surface area contributed by atoms with Crippen molar-refractivity contribution in [2.45, 2.75) is 13.5 Å². The number of benzene rings is 1. The summed E-state index contributed by atoms with van der Waals surface area (Å²) in [7, 11) is 3.71. The van der Waals surface area contributed by atoms with Gasteiger partial charge < -0.3 is 24.5 Å². The van der Waals surface area contributed by atoms with Crippen LogP contribution in [-0.4, -0.2) is 42.0 Å². The summed E-state index contributed by atoms with van der Waals surface area (Å²) in [5.74, 6) is 1.04. The van der Waals surface area contributed by atoms with E-state index in [1.807, 2.05) is 32.2 Å². The molecule has 0 atom stereocenters. The molecule has 7 nitrogen and oxygen atoms in total. The van der Waals surface area contributed by atoms with Gasteiger partial charge in [-0.1, -0.05) is 18.1 Å². The van der Waals surface area contributed by atoms with Crippen molar-refractivity contribution >= 4 is 45.6 Å². The van der Waals surface area contributed by atoms with Gasteiger partial charge in [-0.25, -0.2) is 11.3 Å². The minimum absolute atomic E-state index is 0. The van der Waals surface area contributed by atoms with Crippen LogP contribution in [0.4, 0.5) is 5.82 Å². The average molecular weight is 399 g/mol. The van der Waals surface area contributed by atoms with Gasteiger partial charge in [-0.3, -0.25) is 4.79 Å². The minimum atomic E-state index is -0.178. The molecule has 3 rings (SSSR count). The SMILES string of the molecule is CCOc1c(Cl)ccc2c(=O)c3ccc(N(C)C)nc3n(C[C-]=O)c12.[Na+].[OH-]. The quantitative estimate of drug-likeness (QED) is 0.330. The van der Waals surface area contributed by atoms with Crippen LogP contribution in [0.2, 0.25) is 5.02 Å². The summed E-state index contributed by atoms with van der Waals surface area (Å²) < 4.78 is 7.29. The monoisotopic (exact) mass is 398 g/mol. The van der Waals surface area contributed by atoms with Crippen molar-refractivity contribution in [3.8, 4) is 5.75 Å². The zero-order valence-corrected chi connectivity index (χ0v) is 18.4. The average Bonchev–Trinajstić information content (AvgIpc) is 2.60. The maximum absolute atomic E-state index is 12.9. The summed E-state index contributed by atoms with van der Waals surface area (Å²) in [6.07, 6.45) is 1.88. The van der Waals surface area contributed by atoms with Crippen LogP contribution < -0.4 is 44.6 Å². The van der Waals surface area contributed by atoms with Crippen LogP contribution in [-0.2, 0) is 11.3 Å². The van der Waals surface area contributed by atoms with E-state index in [0.717, 1.165) is 0 Å². The third-order valence-electron chi connectivity index (χ3n) is 3.93. The molecule has 0 aliphatic rings. The summed E-state index contributed by atoms with van der Waals surface area (Å²) in [5.41, 5.74) is 0.677.